The van der Waals surface area contributed by atoms with E-state index in [-0.39, 0.29) is 18.1 Å². The van der Waals surface area contributed by atoms with Crippen molar-refractivity contribution in [3.63, 3.8) is 0 Å². The molecule has 3 heterocycles. The van der Waals surface area contributed by atoms with Gasteiger partial charge in [0.2, 0.25) is 0 Å². The lowest BCUT2D eigenvalue weighted by Crippen LogP contribution is -2.48. The summed E-state index contributed by atoms with van der Waals surface area (Å²) in [5.74, 6) is -0.0742. The normalized spacial score (nSPS) is 19.8. The van der Waals surface area contributed by atoms with Gasteiger partial charge < -0.3 is 14.2 Å². The third-order valence-electron chi connectivity index (χ3n) is 4.92. The number of morpholine rings is 1. The number of aryl methyl sites for hydroxylation is 1. The van der Waals surface area contributed by atoms with E-state index in [2.05, 4.69) is 0 Å². The zero-order valence-electron chi connectivity index (χ0n) is 16.2. The Balaban J connectivity index is 1.81. The minimum absolute atomic E-state index is 0.00303. The van der Waals surface area contributed by atoms with Crippen molar-refractivity contribution in [3.05, 3.63) is 59.4 Å². The third kappa shape index (κ3) is 3.45. The number of benzene rings is 1. The summed E-state index contributed by atoms with van der Waals surface area (Å²) in [5, 5.41) is 5.27. The van der Waals surface area contributed by atoms with Crippen LogP contribution in [0.4, 0.5) is 0 Å². The van der Waals surface area contributed by atoms with Gasteiger partial charge in [-0.05, 0) is 44.2 Å². The molecule has 0 radical (unpaired) electrons. The zero-order valence-corrected chi connectivity index (χ0v) is 16.9. The second kappa shape index (κ2) is 7.45. The highest BCUT2D eigenvalue weighted by Gasteiger charge is 2.30. The van der Waals surface area contributed by atoms with Gasteiger partial charge in [-0.3, -0.25) is 4.79 Å². The fraction of sp³-hybridized carbons (Fsp3) is 0.333. The largest absolute Gasteiger partial charge is 0.372 e. The van der Waals surface area contributed by atoms with Crippen molar-refractivity contribution in [2.45, 2.75) is 26.1 Å². The van der Waals surface area contributed by atoms with Crippen molar-refractivity contribution in [1.29, 1.82) is 0 Å². The van der Waals surface area contributed by atoms with E-state index in [1.807, 2.05) is 73.0 Å². The lowest BCUT2D eigenvalue weighted by Gasteiger charge is -2.35. The number of hydrogen-bond acceptors (Lipinski definition) is 3. The van der Waals surface area contributed by atoms with Gasteiger partial charge in [-0.15, -0.1) is 0 Å². The smallest absolute Gasteiger partial charge is 0.272 e. The number of amides is 1. The Bertz CT molecular complexity index is 1000. The van der Waals surface area contributed by atoms with Crippen LogP contribution >= 0.6 is 11.6 Å². The molecule has 0 saturated carbocycles. The quantitative estimate of drug-likeness (QED) is 0.674. The molecule has 0 unspecified atom stereocenters. The minimum atomic E-state index is -0.0742. The van der Waals surface area contributed by atoms with Crippen molar-refractivity contribution < 1.29 is 9.53 Å². The molecule has 0 N–H and O–H groups in total. The van der Waals surface area contributed by atoms with Crippen LogP contribution in [0.2, 0.25) is 5.02 Å². The summed E-state index contributed by atoms with van der Waals surface area (Å²) in [6.45, 7) is 5.07. The van der Waals surface area contributed by atoms with Crippen LogP contribution in [0.5, 0.6) is 0 Å². The number of para-hydroxylation sites is 1. The monoisotopic (exact) mass is 398 g/mol. The molecule has 1 amide bonds. The number of ether oxygens (including phenoxy) is 1. The first-order chi connectivity index (χ1) is 13.4. The van der Waals surface area contributed by atoms with Crippen LogP contribution in [0, 0.1) is 0 Å². The van der Waals surface area contributed by atoms with Gasteiger partial charge in [0.1, 0.15) is 11.4 Å². The molecule has 1 fully saturated rings. The molecule has 0 aliphatic carbocycles. The SMILES string of the molecule is C[C@@H]1CN(C(=O)c2cc(-c3cccn3C)nn2-c2ccccc2Cl)C[C@H](C)O1. The van der Waals surface area contributed by atoms with E-state index >= 15 is 0 Å². The van der Waals surface area contributed by atoms with E-state index in [0.717, 1.165) is 11.4 Å². The van der Waals surface area contributed by atoms with E-state index < -0.39 is 0 Å². The van der Waals surface area contributed by atoms with Gasteiger partial charge in [0.05, 0.1) is 28.6 Å². The summed E-state index contributed by atoms with van der Waals surface area (Å²) >= 11 is 6.42. The summed E-state index contributed by atoms with van der Waals surface area (Å²) < 4.78 is 9.40. The van der Waals surface area contributed by atoms with Crippen LogP contribution in [0.1, 0.15) is 24.3 Å². The van der Waals surface area contributed by atoms with Gasteiger partial charge >= 0.3 is 0 Å². The maximum absolute atomic E-state index is 13.4. The average molecular weight is 399 g/mol. The topological polar surface area (TPSA) is 52.3 Å². The predicted octanol–water partition coefficient (Wildman–Crippen LogP) is 3.78. The van der Waals surface area contributed by atoms with Crippen molar-refractivity contribution in [2.75, 3.05) is 13.1 Å². The van der Waals surface area contributed by atoms with E-state index in [0.29, 0.717) is 29.5 Å². The van der Waals surface area contributed by atoms with Crippen LogP contribution in [0.15, 0.2) is 48.7 Å². The second-order valence-electron chi connectivity index (χ2n) is 7.25. The third-order valence-corrected chi connectivity index (χ3v) is 5.24. The molecule has 2 atom stereocenters. The van der Waals surface area contributed by atoms with Gasteiger partial charge in [-0.2, -0.15) is 5.10 Å². The molecule has 2 aromatic heterocycles. The Labute approximate surface area is 169 Å². The predicted molar refractivity (Wildman–Crippen MR) is 109 cm³/mol. The van der Waals surface area contributed by atoms with Crippen LogP contribution in [0.25, 0.3) is 17.1 Å². The summed E-state index contributed by atoms with van der Waals surface area (Å²) in [5.41, 5.74) is 2.83. The van der Waals surface area contributed by atoms with Gasteiger partial charge in [0.15, 0.2) is 0 Å². The number of halogens is 1. The zero-order chi connectivity index (χ0) is 19.8. The number of aromatic nitrogens is 3. The average Bonchev–Trinajstić information content (AvgIpc) is 3.27. The highest BCUT2D eigenvalue weighted by molar-refractivity contribution is 6.32. The molecule has 0 bridgehead atoms. The van der Waals surface area contributed by atoms with Crippen molar-refractivity contribution in [2.24, 2.45) is 7.05 Å². The molecular weight excluding hydrogens is 376 g/mol. The summed E-state index contributed by atoms with van der Waals surface area (Å²) in [6.07, 6.45) is 1.95. The fourth-order valence-corrected chi connectivity index (χ4v) is 3.91. The van der Waals surface area contributed by atoms with Gasteiger partial charge in [-0.25, -0.2) is 4.68 Å². The van der Waals surface area contributed by atoms with Gasteiger partial charge in [0, 0.05) is 26.3 Å². The molecule has 1 saturated heterocycles. The lowest BCUT2D eigenvalue weighted by atomic mass is 10.2. The maximum atomic E-state index is 13.4. The summed E-state index contributed by atoms with van der Waals surface area (Å²) in [4.78, 5) is 15.3. The first-order valence-corrected chi connectivity index (χ1v) is 9.73. The van der Waals surface area contributed by atoms with Crippen LogP contribution in [0.3, 0.4) is 0 Å². The van der Waals surface area contributed by atoms with Crippen LogP contribution < -0.4 is 0 Å². The fourth-order valence-electron chi connectivity index (χ4n) is 3.70. The molecule has 6 nitrogen and oxygen atoms in total. The minimum Gasteiger partial charge on any atom is -0.372 e. The Morgan fingerprint density at radius 3 is 2.50 bits per heavy atom. The number of carbonyl (C=O) groups is 1. The molecule has 1 aliphatic rings. The molecular formula is C21H23ClN4O2. The molecule has 146 valence electrons. The van der Waals surface area contributed by atoms with Crippen molar-refractivity contribution >= 4 is 17.5 Å². The molecule has 1 aliphatic heterocycles. The number of rotatable bonds is 3. The van der Waals surface area contributed by atoms with E-state index in [4.69, 9.17) is 21.4 Å². The number of nitrogens with zero attached hydrogens (tertiary/aromatic N) is 4. The Morgan fingerprint density at radius 2 is 1.86 bits per heavy atom. The van der Waals surface area contributed by atoms with E-state index in [9.17, 15) is 4.79 Å². The van der Waals surface area contributed by atoms with E-state index in [1.165, 1.54) is 0 Å². The molecule has 0 spiro atoms. The Kier molecular flexibility index (Phi) is 5.00. The first kappa shape index (κ1) is 18.8. The summed E-state index contributed by atoms with van der Waals surface area (Å²) in [7, 11) is 1.96. The van der Waals surface area contributed by atoms with Gasteiger partial charge in [0.25, 0.3) is 5.91 Å². The molecule has 7 heteroatoms. The highest BCUT2D eigenvalue weighted by atomic mass is 35.5. The van der Waals surface area contributed by atoms with Crippen molar-refractivity contribution in [1.82, 2.24) is 19.2 Å². The molecule has 28 heavy (non-hydrogen) atoms. The maximum Gasteiger partial charge on any atom is 0.272 e. The van der Waals surface area contributed by atoms with Crippen molar-refractivity contribution in [3.8, 4) is 17.1 Å². The van der Waals surface area contributed by atoms with E-state index in [1.54, 1.807) is 10.7 Å². The second-order valence-corrected chi connectivity index (χ2v) is 7.66. The number of hydrogen-bond donors (Lipinski definition) is 0. The van der Waals surface area contributed by atoms with Crippen LogP contribution in [-0.4, -0.2) is 50.5 Å². The standard InChI is InChI=1S/C21H23ClN4O2/c1-14-12-25(13-15(2)28-14)21(27)20-11-17(19-9-6-10-24(19)3)23-26(20)18-8-5-4-7-16(18)22/h4-11,14-15H,12-13H2,1-3H3/t14-,15+. The Morgan fingerprint density at radius 1 is 1.14 bits per heavy atom. The number of carbonyl (C=O) groups excluding carboxylic acids is 1. The van der Waals surface area contributed by atoms with Gasteiger partial charge in [-0.1, -0.05) is 23.7 Å². The lowest BCUT2D eigenvalue weighted by molar-refractivity contribution is -0.0588. The summed E-state index contributed by atoms with van der Waals surface area (Å²) in [6, 6.07) is 13.2. The van der Waals surface area contributed by atoms with Crippen LogP contribution in [-0.2, 0) is 11.8 Å². The first-order valence-electron chi connectivity index (χ1n) is 9.35. The highest BCUT2D eigenvalue weighted by Crippen LogP contribution is 2.27. The molecule has 3 aromatic rings. The Hall–Kier alpha value is -2.57. The molecule has 1 aromatic carbocycles. The molecule has 4 rings (SSSR count).